The lowest BCUT2D eigenvalue weighted by molar-refractivity contribution is 0.0239. The van der Waals surface area contributed by atoms with E-state index in [1.165, 1.54) is 39.0 Å². The highest BCUT2D eigenvalue weighted by Crippen LogP contribution is 2.26. The fraction of sp³-hybridized carbons (Fsp3) is 1.00. The van der Waals surface area contributed by atoms with E-state index in [2.05, 4.69) is 22.2 Å². The molecule has 2 aliphatic heterocycles. The van der Waals surface area contributed by atoms with Gasteiger partial charge in [0.25, 0.3) is 0 Å². The highest BCUT2D eigenvalue weighted by molar-refractivity contribution is 4.96. The number of nitrogens with one attached hydrogen (secondary N) is 1. The molecule has 0 aromatic carbocycles. The summed E-state index contributed by atoms with van der Waals surface area (Å²) in [7, 11) is 2.20. The van der Waals surface area contributed by atoms with Crippen molar-refractivity contribution in [2.75, 3.05) is 52.9 Å². The first-order chi connectivity index (χ1) is 7.27. The molecule has 0 spiro atoms. The third-order valence-corrected chi connectivity index (χ3v) is 4.09. The van der Waals surface area contributed by atoms with Gasteiger partial charge in [-0.25, -0.2) is 0 Å². The lowest BCUT2D eigenvalue weighted by atomic mass is 9.86. The fourth-order valence-electron chi connectivity index (χ4n) is 2.82. The van der Waals surface area contributed by atoms with Gasteiger partial charge in [-0.3, -0.25) is 4.90 Å². The monoisotopic (exact) mass is 212 g/mol. The van der Waals surface area contributed by atoms with Gasteiger partial charge in [0.1, 0.15) is 0 Å². The van der Waals surface area contributed by atoms with Crippen molar-refractivity contribution in [1.82, 2.24) is 15.1 Å². The third kappa shape index (κ3) is 2.33. The molecule has 0 aliphatic carbocycles. The van der Waals surface area contributed by atoms with Gasteiger partial charge in [0.2, 0.25) is 0 Å². The maximum absolute atomic E-state index is 6.02. The molecular formula is C11H24N4. The third-order valence-electron chi connectivity index (χ3n) is 4.09. The van der Waals surface area contributed by atoms with E-state index in [0.717, 1.165) is 19.6 Å². The second-order valence-electron chi connectivity index (χ2n) is 4.97. The van der Waals surface area contributed by atoms with Crippen LogP contribution < -0.4 is 11.1 Å². The van der Waals surface area contributed by atoms with Gasteiger partial charge >= 0.3 is 0 Å². The highest BCUT2D eigenvalue weighted by atomic mass is 15.3. The number of hydrogen-bond donors (Lipinski definition) is 2. The molecule has 2 fully saturated rings. The standard InChI is InChI=1S/C11H24N4/c1-14-6-8-15(9-7-14)11(10-12)2-4-13-5-3-11/h13H,2-10,12H2,1H3. The molecule has 0 radical (unpaired) electrons. The van der Waals surface area contributed by atoms with Crippen molar-refractivity contribution in [3.8, 4) is 0 Å². The summed E-state index contributed by atoms with van der Waals surface area (Å²) in [5.74, 6) is 0. The minimum atomic E-state index is 0.298. The van der Waals surface area contributed by atoms with Crippen LogP contribution in [0.15, 0.2) is 0 Å². The Morgan fingerprint density at radius 2 is 1.73 bits per heavy atom. The Labute approximate surface area is 92.8 Å². The molecule has 2 saturated heterocycles. The number of likely N-dealkylation sites (N-methyl/N-ethyl adjacent to an activating group) is 1. The van der Waals surface area contributed by atoms with Gasteiger partial charge in [0, 0.05) is 38.3 Å². The molecular weight excluding hydrogens is 188 g/mol. The molecule has 2 rings (SSSR count). The second kappa shape index (κ2) is 4.78. The Bertz CT molecular complexity index is 193. The number of nitrogens with two attached hydrogens (primary N) is 1. The van der Waals surface area contributed by atoms with E-state index >= 15 is 0 Å². The van der Waals surface area contributed by atoms with E-state index in [0.29, 0.717) is 5.54 Å². The molecule has 0 bridgehead atoms. The van der Waals surface area contributed by atoms with Crippen LogP contribution >= 0.6 is 0 Å². The van der Waals surface area contributed by atoms with Crippen LogP contribution in [0.4, 0.5) is 0 Å². The number of hydrogen-bond acceptors (Lipinski definition) is 4. The maximum atomic E-state index is 6.02. The summed E-state index contributed by atoms with van der Waals surface area (Å²) in [5.41, 5.74) is 6.32. The summed E-state index contributed by atoms with van der Waals surface area (Å²) < 4.78 is 0. The number of piperidine rings is 1. The van der Waals surface area contributed by atoms with Gasteiger partial charge in [-0.2, -0.15) is 0 Å². The van der Waals surface area contributed by atoms with E-state index in [4.69, 9.17) is 5.73 Å². The Balaban J connectivity index is 1.98. The van der Waals surface area contributed by atoms with E-state index in [9.17, 15) is 0 Å². The molecule has 0 saturated carbocycles. The van der Waals surface area contributed by atoms with Crippen LogP contribution in [0.2, 0.25) is 0 Å². The average molecular weight is 212 g/mol. The number of piperazine rings is 1. The number of nitrogens with zero attached hydrogens (tertiary/aromatic N) is 2. The van der Waals surface area contributed by atoms with Crippen molar-refractivity contribution in [3.63, 3.8) is 0 Å². The summed E-state index contributed by atoms with van der Waals surface area (Å²) in [6, 6.07) is 0. The molecule has 2 aliphatic rings. The minimum Gasteiger partial charge on any atom is -0.329 e. The van der Waals surface area contributed by atoms with Crippen molar-refractivity contribution < 1.29 is 0 Å². The van der Waals surface area contributed by atoms with Crippen molar-refractivity contribution in [2.24, 2.45) is 5.73 Å². The lowest BCUT2D eigenvalue weighted by Gasteiger charge is -2.49. The largest absolute Gasteiger partial charge is 0.329 e. The first-order valence-corrected chi connectivity index (χ1v) is 6.11. The molecule has 0 atom stereocenters. The highest BCUT2D eigenvalue weighted by Gasteiger charge is 2.37. The van der Waals surface area contributed by atoms with Gasteiger partial charge in [0.05, 0.1) is 0 Å². The molecule has 4 nitrogen and oxygen atoms in total. The van der Waals surface area contributed by atoms with Crippen LogP contribution in [0.5, 0.6) is 0 Å². The molecule has 0 aromatic rings. The molecule has 3 N–H and O–H groups in total. The van der Waals surface area contributed by atoms with Crippen LogP contribution in [0.25, 0.3) is 0 Å². The van der Waals surface area contributed by atoms with E-state index in [1.54, 1.807) is 0 Å². The average Bonchev–Trinajstić information content (AvgIpc) is 2.31. The summed E-state index contributed by atoms with van der Waals surface area (Å²) in [6.45, 7) is 7.83. The van der Waals surface area contributed by atoms with Gasteiger partial charge in [-0.1, -0.05) is 0 Å². The summed E-state index contributed by atoms with van der Waals surface area (Å²) in [4.78, 5) is 5.04. The molecule has 4 heteroatoms. The zero-order valence-electron chi connectivity index (χ0n) is 9.84. The predicted molar refractivity (Wildman–Crippen MR) is 63.0 cm³/mol. The minimum absolute atomic E-state index is 0.298. The predicted octanol–water partition coefficient (Wildman–Crippen LogP) is -0.685. The second-order valence-corrected chi connectivity index (χ2v) is 4.97. The first kappa shape index (κ1) is 11.3. The van der Waals surface area contributed by atoms with E-state index in [-0.39, 0.29) is 0 Å². The van der Waals surface area contributed by atoms with E-state index in [1.807, 2.05) is 0 Å². The van der Waals surface area contributed by atoms with Crippen molar-refractivity contribution in [1.29, 1.82) is 0 Å². The summed E-state index contributed by atoms with van der Waals surface area (Å²) in [5, 5.41) is 3.43. The molecule has 0 amide bonds. The van der Waals surface area contributed by atoms with Crippen LogP contribution in [0.3, 0.4) is 0 Å². The first-order valence-electron chi connectivity index (χ1n) is 6.11. The van der Waals surface area contributed by atoms with Crippen LogP contribution in [-0.4, -0.2) is 68.2 Å². The Hall–Kier alpha value is -0.160. The summed E-state index contributed by atoms with van der Waals surface area (Å²) >= 11 is 0. The molecule has 88 valence electrons. The summed E-state index contributed by atoms with van der Waals surface area (Å²) in [6.07, 6.45) is 2.43. The van der Waals surface area contributed by atoms with Gasteiger partial charge in [-0.05, 0) is 33.0 Å². The van der Waals surface area contributed by atoms with Gasteiger partial charge in [0.15, 0.2) is 0 Å². The van der Waals surface area contributed by atoms with Crippen LogP contribution in [0, 0.1) is 0 Å². The smallest absolute Gasteiger partial charge is 0.0356 e. The van der Waals surface area contributed by atoms with Crippen molar-refractivity contribution >= 4 is 0 Å². The van der Waals surface area contributed by atoms with Gasteiger partial charge < -0.3 is 16.0 Å². The molecule has 15 heavy (non-hydrogen) atoms. The zero-order chi connectivity index (χ0) is 10.7. The SMILES string of the molecule is CN1CCN(C2(CN)CCNCC2)CC1. The van der Waals surface area contributed by atoms with Crippen LogP contribution in [0.1, 0.15) is 12.8 Å². The quantitative estimate of drug-likeness (QED) is 0.636. The van der Waals surface area contributed by atoms with Gasteiger partial charge in [-0.15, -0.1) is 0 Å². The normalized spacial score (nSPS) is 29.2. The number of rotatable bonds is 2. The Morgan fingerprint density at radius 1 is 1.13 bits per heavy atom. The van der Waals surface area contributed by atoms with Crippen molar-refractivity contribution in [3.05, 3.63) is 0 Å². The lowest BCUT2D eigenvalue weighted by Crippen LogP contribution is -2.63. The Kier molecular flexibility index (Phi) is 3.61. The topological polar surface area (TPSA) is 44.5 Å². The molecule has 0 unspecified atom stereocenters. The van der Waals surface area contributed by atoms with E-state index < -0.39 is 0 Å². The fourth-order valence-corrected chi connectivity index (χ4v) is 2.82. The Morgan fingerprint density at radius 3 is 2.27 bits per heavy atom. The maximum Gasteiger partial charge on any atom is 0.0356 e. The molecule has 0 aromatic heterocycles. The van der Waals surface area contributed by atoms with Crippen LogP contribution in [-0.2, 0) is 0 Å². The van der Waals surface area contributed by atoms with Crippen molar-refractivity contribution in [2.45, 2.75) is 18.4 Å². The molecule has 2 heterocycles. The zero-order valence-corrected chi connectivity index (χ0v) is 9.84.